The van der Waals surface area contributed by atoms with Crippen molar-refractivity contribution in [3.05, 3.63) is 29.8 Å². The number of carboxylic acid groups (broad SMARTS) is 1. The van der Waals surface area contributed by atoms with Crippen molar-refractivity contribution in [2.24, 2.45) is 5.41 Å². The van der Waals surface area contributed by atoms with Crippen molar-refractivity contribution in [1.82, 2.24) is 9.21 Å². The van der Waals surface area contributed by atoms with E-state index in [9.17, 15) is 31.5 Å². The van der Waals surface area contributed by atoms with Gasteiger partial charge in [0.05, 0.1) is 16.0 Å². The largest absolute Gasteiger partial charge is 0.465 e. The molecule has 2 unspecified atom stereocenters. The molecule has 0 aromatic heterocycles. The van der Waals surface area contributed by atoms with Crippen molar-refractivity contribution in [3.8, 4) is 0 Å². The minimum Gasteiger partial charge on any atom is -0.465 e. The first-order valence-corrected chi connectivity index (χ1v) is 10.3. The molecule has 28 heavy (non-hydrogen) atoms. The number of sulfonamides is 1. The first kappa shape index (κ1) is 20.9. The van der Waals surface area contributed by atoms with E-state index in [1.165, 1.54) is 15.3 Å². The Balaban J connectivity index is 2.19. The minimum absolute atomic E-state index is 0.0550. The lowest BCUT2D eigenvalue weighted by Crippen LogP contribution is -2.68. The number of piperazine rings is 1. The molecule has 2 aliphatic heterocycles. The number of hydrogen-bond donors (Lipinski definition) is 1. The van der Waals surface area contributed by atoms with E-state index in [1.54, 1.807) is 20.8 Å². The molecule has 0 aliphatic carbocycles. The Labute approximate surface area is 162 Å². The Bertz CT molecular complexity index is 895. The van der Waals surface area contributed by atoms with Crippen LogP contribution in [0.25, 0.3) is 0 Å². The summed E-state index contributed by atoms with van der Waals surface area (Å²) in [5.74, 6) is 0. The van der Waals surface area contributed by atoms with Gasteiger partial charge in [0.15, 0.2) is 0 Å². The molecule has 2 bridgehead atoms. The molecule has 1 aromatic rings. The molecule has 1 N–H and O–H groups in total. The van der Waals surface area contributed by atoms with Crippen LogP contribution in [0.2, 0.25) is 0 Å². The Morgan fingerprint density at radius 3 is 2.36 bits per heavy atom. The van der Waals surface area contributed by atoms with Gasteiger partial charge in [0.2, 0.25) is 10.0 Å². The lowest BCUT2D eigenvalue weighted by Gasteiger charge is -2.53. The van der Waals surface area contributed by atoms with Gasteiger partial charge < -0.3 is 10.0 Å². The zero-order valence-corrected chi connectivity index (χ0v) is 16.6. The summed E-state index contributed by atoms with van der Waals surface area (Å²) in [6.07, 6.45) is -5.19. The maximum absolute atomic E-state index is 13.5. The smallest absolute Gasteiger partial charge is 0.417 e. The average molecular weight is 420 g/mol. The minimum atomic E-state index is -4.82. The van der Waals surface area contributed by atoms with E-state index < -0.39 is 49.7 Å². The van der Waals surface area contributed by atoms with Gasteiger partial charge >= 0.3 is 12.3 Å². The van der Waals surface area contributed by atoms with Gasteiger partial charge in [-0.05, 0) is 30.4 Å². The molecule has 2 aliphatic rings. The van der Waals surface area contributed by atoms with E-state index in [2.05, 4.69) is 0 Å². The number of amides is 1. The summed E-state index contributed by atoms with van der Waals surface area (Å²) in [5, 5.41) is 9.45. The van der Waals surface area contributed by atoms with Crippen LogP contribution in [0.3, 0.4) is 0 Å². The maximum Gasteiger partial charge on any atom is 0.417 e. The number of halogens is 3. The Morgan fingerprint density at radius 2 is 1.82 bits per heavy atom. The molecule has 2 atom stereocenters. The molecule has 0 radical (unpaired) electrons. The molecule has 1 amide bonds. The van der Waals surface area contributed by atoms with E-state index in [0.717, 1.165) is 18.2 Å². The fourth-order valence-corrected chi connectivity index (χ4v) is 6.85. The standard InChI is InChI=1S/C18H23F3N2O4S/c1-16(2,3)17-9-8-12(10-22(11-17)15(24)25)23(17)28(26,27)14-7-5-4-6-13(14)18(19,20)21/h4-7,12H,8-11H2,1-3H3,(H,24,25). The third-order valence-electron chi connectivity index (χ3n) is 5.92. The molecular formula is C18H23F3N2O4S. The van der Waals surface area contributed by atoms with Gasteiger partial charge in [-0.3, -0.25) is 0 Å². The van der Waals surface area contributed by atoms with Crippen LogP contribution in [0.5, 0.6) is 0 Å². The number of fused-ring (bicyclic) bond motifs is 2. The molecule has 2 saturated heterocycles. The quantitative estimate of drug-likeness (QED) is 0.793. The van der Waals surface area contributed by atoms with Crippen molar-refractivity contribution in [3.63, 3.8) is 0 Å². The van der Waals surface area contributed by atoms with Gasteiger partial charge in [-0.2, -0.15) is 17.5 Å². The Morgan fingerprint density at radius 1 is 1.21 bits per heavy atom. The Kier molecular flexibility index (Phi) is 4.74. The molecule has 0 spiro atoms. The zero-order chi connectivity index (χ0) is 21.1. The summed E-state index contributed by atoms with van der Waals surface area (Å²) in [7, 11) is -4.51. The molecule has 3 rings (SSSR count). The highest BCUT2D eigenvalue weighted by atomic mass is 32.2. The summed E-state index contributed by atoms with van der Waals surface area (Å²) < 4.78 is 68.6. The summed E-state index contributed by atoms with van der Waals surface area (Å²) in [6.45, 7) is 5.24. The average Bonchev–Trinajstić information content (AvgIpc) is 2.83. The lowest BCUT2D eigenvalue weighted by atomic mass is 9.72. The number of nitrogens with zero attached hydrogens (tertiary/aromatic N) is 2. The van der Waals surface area contributed by atoms with E-state index in [0.29, 0.717) is 12.8 Å². The molecule has 2 heterocycles. The molecule has 1 aromatic carbocycles. The molecule has 6 nitrogen and oxygen atoms in total. The fourth-order valence-electron chi connectivity index (χ4n) is 4.48. The van der Waals surface area contributed by atoms with Gasteiger partial charge in [-0.1, -0.05) is 32.9 Å². The molecule has 0 saturated carbocycles. The summed E-state index contributed by atoms with van der Waals surface area (Å²) in [4.78, 5) is 11.9. The van der Waals surface area contributed by atoms with Crippen molar-refractivity contribution >= 4 is 16.1 Å². The molecule has 156 valence electrons. The van der Waals surface area contributed by atoms with E-state index in [-0.39, 0.29) is 13.1 Å². The first-order chi connectivity index (χ1) is 12.7. The molecular weight excluding hydrogens is 397 g/mol. The second-order valence-corrected chi connectivity index (χ2v) is 10.2. The second kappa shape index (κ2) is 6.35. The van der Waals surface area contributed by atoms with Crippen molar-refractivity contribution in [2.45, 2.75) is 56.3 Å². The van der Waals surface area contributed by atoms with Crippen LogP contribution in [0, 0.1) is 5.41 Å². The first-order valence-electron chi connectivity index (χ1n) is 8.90. The number of likely N-dealkylation sites (tertiary alicyclic amines) is 1. The van der Waals surface area contributed by atoms with Crippen LogP contribution in [-0.4, -0.2) is 53.5 Å². The molecule has 10 heteroatoms. The third-order valence-corrected chi connectivity index (χ3v) is 8.00. The highest BCUT2D eigenvalue weighted by Gasteiger charge is 2.62. The number of rotatable bonds is 2. The van der Waals surface area contributed by atoms with Crippen LogP contribution < -0.4 is 0 Å². The maximum atomic E-state index is 13.5. The second-order valence-electron chi connectivity index (χ2n) is 8.43. The van der Waals surface area contributed by atoms with E-state index in [4.69, 9.17) is 0 Å². The number of carbonyl (C=O) groups is 1. The lowest BCUT2D eigenvalue weighted by molar-refractivity contribution is -0.140. The number of alkyl halides is 3. The monoisotopic (exact) mass is 420 g/mol. The van der Waals surface area contributed by atoms with Gasteiger partial charge in [-0.25, -0.2) is 13.2 Å². The van der Waals surface area contributed by atoms with Crippen molar-refractivity contribution < 1.29 is 31.5 Å². The van der Waals surface area contributed by atoms with Crippen molar-refractivity contribution in [2.75, 3.05) is 13.1 Å². The zero-order valence-electron chi connectivity index (χ0n) is 15.8. The number of benzene rings is 1. The fraction of sp³-hybridized carbons (Fsp3) is 0.611. The highest BCUT2D eigenvalue weighted by Crippen LogP contribution is 2.52. The molecule has 2 fully saturated rings. The third kappa shape index (κ3) is 3.06. The highest BCUT2D eigenvalue weighted by molar-refractivity contribution is 7.89. The Hall–Kier alpha value is -1.81. The van der Waals surface area contributed by atoms with Gasteiger partial charge in [-0.15, -0.1) is 0 Å². The van der Waals surface area contributed by atoms with Gasteiger partial charge in [0, 0.05) is 19.1 Å². The topological polar surface area (TPSA) is 77.9 Å². The van der Waals surface area contributed by atoms with Crippen LogP contribution in [0.1, 0.15) is 39.2 Å². The number of hydrogen-bond acceptors (Lipinski definition) is 3. The summed E-state index contributed by atoms with van der Waals surface area (Å²) in [5.41, 5.74) is -3.01. The van der Waals surface area contributed by atoms with Crippen LogP contribution in [0.15, 0.2) is 29.2 Å². The van der Waals surface area contributed by atoms with Gasteiger partial charge in [0.25, 0.3) is 0 Å². The van der Waals surface area contributed by atoms with Crippen molar-refractivity contribution in [1.29, 1.82) is 0 Å². The SMILES string of the molecule is CC(C)(C)C12CCC(CN(C(=O)O)C1)N2S(=O)(=O)c1ccccc1C(F)(F)F. The predicted octanol–water partition coefficient (Wildman–Crippen LogP) is 3.64. The normalized spacial score (nSPS) is 26.5. The predicted molar refractivity (Wildman–Crippen MR) is 95.3 cm³/mol. The van der Waals surface area contributed by atoms with Crippen LogP contribution in [0.4, 0.5) is 18.0 Å². The summed E-state index contributed by atoms with van der Waals surface area (Å²) >= 11 is 0. The van der Waals surface area contributed by atoms with Gasteiger partial charge in [0.1, 0.15) is 0 Å². The summed E-state index contributed by atoms with van der Waals surface area (Å²) in [6, 6.07) is 3.44. The van der Waals surface area contributed by atoms with Crippen LogP contribution in [-0.2, 0) is 16.2 Å². The van der Waals surface area contributed by atoms with E-state index >= 15 is 0 Å². The van der Waals surface area contributed by atoms with E-state index in [1.807, 2.05) is 0 Å². The van der Waals surface area contributed by atoms with Crippen LogP contribution >= 0.6 is 0 Å².